The van der Waals surface area contributed by atoms with E-state index in [2.05, 4.69) is 26.2 Å². The van der Waals surface area contributed by atoms with E-state index >= 15 is 0 Å². The zero-order valence-electron chi connectivity index (χ0n) is 13.1. The second-order valence-electron chi connectivity index (χ2n) is 9.45. The van der Waals surface area contributed by atoms with Crippen molar-refractivity contribution in [3.63, 3.8) is 0 Å². The molecule has 5 aliphatic carbocycles. The van der Waals surface area contributed by atoms with E-state index in [-0.39, 0.29) is 0 Å². The fourth-order valence-corrected chi connectivity index (χ4v) is 7.70. The first-order chi connectivity index (χ1) is 8.96. The molecule has 0 spiro atoms. The predicted octanol–water partition coefficient (Wildman–Crippen LogP) is 4.37. The normalized spacial score (nSPS) is 54.2. The van der Waals surface area contributed by atoms with Crippen LogP contribution in [-0.4, -0.2) is 13.1 Å². The van der Waals surface area contributed by atoms with Crippen LogP contribution in [0.15, 0.2) is 0 Å². The first-order valence-corrected chi connectivity index (χ1v) is 8.63. The Morgan fingerprint density at radius 2 is 1.58 bits per heavy atom. The third kappa shape index (κ3) is 1.76. The molecule has 1 N–H and O–H groups in total. The zero-order valence-corrected chi connectivity index (χ0v) is 13.1. The molecule has 19 heavy (non-hydrogen) atoms. The molecule has 0 radical (unpaired) electrons. The molecule has 1 nitrogen and oxygen atoms in total. The average Bonchev–Trinajstić information content (AvgIpc) is 2.17. The van der Waals surface area contributed by atoms with Crippen molar-refractivity contribution < 1.29 is 0 Å². The summed E-state index contributed by atoms with van der Waals surface area (Å²) in [4.78, 5) is 0. The van der Waals surface area contributed by atoms with Crippen molar-refractivity contribution in [3.8, 4) is 0 Å². The molecule has 1 heteroatoms. The van der Waals surface area contributed by atoms with Crippen LogP contribution in [0, 0.1) is 28.1 Å². The van der Waals surface area contributed by atoms with Gasteiger partial charge in [-0.05, 0) is 86.5 Å². The van der Waals surface area contributed by atoms with Crippen LogP contribution in [0.4, 0.5) is 0 Å². The summed E-state index contributed by atoms with van der Waals surface area (Å²) in [6.45, 7) is 5.22. The predicted molar refractivity (Wildman–Crippen MR) is 80.0 cm³/mol. The maximum atomic E-state index is 3.80. The zero-order chi connectivity index (χ0) is 13.3. The summed E-state index contributed by atoms with van der Waals surface area (Å²) in [7, 11) is 2.24. The van der Waals surface area contributed by atoms with Gasteiger partial charge in [-0.2, -0.15) is 0 Å². The van der Waals surface area contributed by atoms with Crippen molar-refractivity contribution in [1.29, 1.82) is 0 Å². The van der Waals surface area contributed by atoms with Gasteiger partial charge in [-0.15, -0.1) is 0 Å². The van der Waals surface area contributed by atoms with Crippen molar-refractivity contribution >= 4 is 0 Å². The molecule has 3 atom stereocenters. The van der Waals surface area contributed by atoms with Crippen LogP contribution in [-0.2, 0) is 0 Å². The van der Waals surface area contributed by atoms with E-state index in [1.165, 1.54) is 51.4 Å². The Labute approximate surface area is 118 Å². The van der Waals surface area contributed by atoms with Gasteiger partial charge in [0.05, 0.1) is 0 Å². The summed E-state index contributed by atoms with van der Waals surface area (Å²) in [6.07, 6.45) is 13.6. The lowest BCUT2D eigenvalue weighted by molar-refractivity contribution is -0.166. The fourth-order valence-electron chi connectivity index (χ4n) is 7.70. The molecule has 3 unspecified atom stereocenters. The van der Waals surface area contributed by atoms with E-state index in [1.807, 2.05) is 0 Å². The largest absolute Gasteiger partial charge is 0.316 e. The minimum Gasteiger partial charge on any atom is -0.316 e. The van der Waals surface area contributed by atoms with Gasteiger partial charge in [0.2, 0.25) is 0 Å². The number of nitrogens with one attached hydrogen (secondary N) is 1. The second-order valence-corrected chi connectivity index (χ2v) is 9.45. The molecule has 5 aliphatic rings. The molecule has 5 rings (SSSR count). The van der Waals surface area contributed by atoms with Crippen molar-refractivity contribution in [2.45, 2.75) is 77.7 Å². The van der Waals surface area contributed by atoms with Crippen molar-refractivity contribution in [3.05, 3.63) is 0 Å². The van der Waals surface area contributed by atoms with Crippen LogP contribution in [0.3, 0.4) is 0 Å². The molecule has 0 aromatic carbocycles. The lowest BCUT2D eigenvalue weighted by Gasteiger charge is -2.68. The van der Waals surface area contributed by atoms with Crippen molar-refractivity contribution in [1.82, 2.24) is 5.32 Å². The van der Waals surface area contributed by atoms with E-state index in [0.717, 1.165) is 17.9 Å². The Morgan fingerprint density at radius 3 is 2.00 bits per heavy atom. The Morgan fingerprint density at radius 1 is 0.947 bits per heavy atom. The van der Waals surface area contributed by atoms with Gasteiger partial charge in [0.1, 0.15) is 0 Å². The maximum absolute atomic E-state index is 3.80. The molecule has 0 aliphatic heterocycles. The fraction of sp³-hybridized carbons (Fsp3) is 1.00. The van der Waals surface area contributed by atoms with Gasteiger partial charge in [-0.1, -0.05) is 20.3 Å². The standard InChI is InChI=1S/C18H31N/c1-16-7-13-8-17(2,10-16)12-18(9-13,11-16)15(19-3)14-5-4-6-14/h13-15,19H,4-12H2,1-3H3. The molecule has 4 bridgehead atoms. The van der Waals surface area contributed by atoms with Gasteiger partial charge < -0.3 is 5.32 Å². The SMILES string of the molecule is CNC(C1CCC1)C12CC3CC(C)(CC(C)(C3)C1)C2. The number of rotatable bonds is 3. The van der Waals surface area contributed by atoms with Gasteiger partial charge in [-0.25, -0.2) is 0 Å². The minimum atomic E-state index is 0.656. The van der Waals surface area contributed by atoms with Crippen LogP contribution in [0.25, 0.3) is 0 Å². The molecule has 0 amide bonds. The van der Waals surface area contributed by atoms with E-state index < -0.39 is 0 Å². The third-order valence-electron chi connectivity index (χ3n) is 7.26. The summed E-state index contributed by atoms with van der Waals surface area (Å²) in [5.74, 6) is 2.04. The van der Waals surface area contributed by atoms with Gasteiger partial charge in [0.25, 0.3) is 0 Å². The molecule has 0 heterocycles. The molecule has 108 valence electrons. The van der Waals surface area contributed by atoms with Gasteiger partial charge in [-0.3, -0.25) is 0 Å². The molecule has 5 fully saturated rings. The van der Waals surface area contributed by atoms with Crippen molar-refractivity contribution in [2.75, 3.05) is 7.05 Å². The molecule has 5 saturated carbocycles. The highest BCUT2D eigenvalue weighted by molar-refractivity contribution is 5.14. The molecular weight excluding hydrogens is 230 g/mol. The third-order valence-corrected chi connectivity index (χ3v) is 7.26. The molecule has 0 saturated heterocycles. The lowest BCUT2D eigenvalue weighted by Crippen LogP contribution is -2.63. The Hall–Kier alpha value is -0.0400. The van der Waals surface area contributed by atoms with E-state index in [4.69, 9.17) is 0 Å². The van der Waals surface area contributed by atoms with Crippen LogP contribution in [0.1, 0.15) is 71.6 Å². The quantitative estimate of drug-likeness (QED) is 0.795. The first kappa shape index (κ1) is 12.7. The van der Waals surface area contributed by atoms with Crippen LogP contribution in [0.5, 0.6) is 0 Å². The van der Waals surface area contributed by atoms with Gasteiger partial charge in [0.15, 0.2) is 0 Å². The molecule has 0 aromatic heterocycles. The van der Waals surface area contributed by atoms with Gasteiger partial charge in [0, 0.05) is 6.04 Å². The maximum Gasteiger partial charge on any atom is 0.0149 e. The molecular formula is C18H31N. The van der Waals surface area contributed by atoms with E-state index in [9.17, 15) is 0 Å². The summed E-state index contributed by atoms with van der Waals surface area (Å²) in [5.41, 5.74) is 2.00. The van der Waals surface area contributed by atoms with Crippen LogP contribution in [0.2, 0.25) is 0 Å². The Balaban J connectivity index is 1.69. The lowest BCUT2D eigenvalue weighted by atomic mass is 9.38. The monoisotopic (exact) mass is 261 g/mol. The second kappa shape index (κ2) is 3.78. The van der Waals surface area contributed by atoms with Gasteiger partial charge >= 0.3 is 0 Å². The summed E-state index contributed by atoms with van der Waals surface area (Å²) < 4.78 is 0. The summed E-state index contributed by atoms with van der Waals surface area (Å²) in [5, 5.41) is 3.80. The Kier molecular flexibility index (Phi) is 2.52. The summed E-state index contributed by atoms with van der Waals surface area (Å²) in [6, 6.07) is 0.822. The smallest absolute Gasteiger partial charge is 0.0149 e. The highest BCUT2D eigenvalue weighted by Gasteiger charge is 2.62. The average molecular weight is 261 g/mol. The molecule has 0 aromatic rings. The van der Waals surface area contributed by atoms with Crippen LogP contribution < -0.4 is 5.32 Å². The first-order valence-electron chi connectivity index (χ1n) is 8.63. The Bertz CT molecular complexity index is 365. The summed E-state index contributed by atoms with van der Waals surface area (Å²) >= 11 is 0. The van der Waals surface area contributed by atoms with E-state index in [1.54, 1.807) is 6.42 Å². The minimum absolute atomic E-state index is 0.656. The highest BCUT2D eigenvalue weighted by Crippen LogP contribution is 2.71. The number of hydrogen-bond acceptors (Lipinski definition) is 1. The van der Waals surface area contributed by atoms with Crippen molar-refractivity contribution in [2.24, 2.45) is 28.1 Å². The van der Waals surface area contributed by atoms with Crippen LogP contribution >= 0.6 is 0 Å². The van der Waals surface area contributed by atoms with E-state index in [0.29, 0.717) is 16.2 Å². The highest BCUT2D eigenvalue weighted by atomic mass is 14.9. The number of hydrogen-bond donors (Lipinski definition) is 1. The topological polar surface area (TPSA) is 12.0 Å².